The Hall–Kier alpha value is -6.05. The van der Waals surface area contributed by atoms with Gasteiger partial charge in [-0.3, -0.25) is 4.98 Å². The molecule has 299 valence electrons. The summed E-state index contributed by atoms with van der Waals surface area (Å²) in [6, 6.07) is 51.6. The topological polar surface area (TPSA) is 56.7 Å². The first-order valence-electron chi connectivity index (χ1n) is 20.3. The maximum atomic E-state index is 14.2. The van der Waals surface area contributed by atoms with Crippen LogP contribution in [0, 0.1) is 24.9 Å². The van der Waals surface area contributed by atoms with E-state index in [2.05, 4.69) is 73.6 Å². The van der Waals surface area contributed by atoms with Crippen LogP contribution in [0.1, 0.15) is 32.2 Å². The molecular weight excluding hydrogens is 936 g/mol. The molecule has 0 atom stereocenters. The minimum absolute atomic E-state index is 0. The van der Waals surface area contributed by atoms with E-state index in [0.29, 0.717) is 5.71 Å². The number of hydrogen-bond donors (Lipinski definition) is 0. The summed E-state index contributed by atoms with van der Waals surface area (Å²) in [7, 11) is -1.65. The van der Waals surface area contributed by atoms with Crippen molar-refractivity contribution in [1.82, 2.24) is 19.5 Å². The van der Waals surface area contributed by atoms with Crippen molar-refractivity contribution in [3.8, 4) is 39.5 Å². The smallest absolute Gasteiger partial charge is 0.216 e. The zero-order valence-electron chi connectivity index (χ0n) is 35.3. The van der Waals surface area contributed by atoms with Gasteiger partial charge in [-0.2, -0.15) is 0 Å². The summed E-state index contributed by atoms with van der Waals surface area (Å²) >= 11 is 0. The SMILES string of the molecule is Fc1ccc(-n2c(-c3[c-]cccc3)nc3ccccc32)c(-c2ccccc2)c1.[2H]C(C)(C)c1cc(-c2[c-]ccc3c2oc2nc4cc(C)ccc4cc23)ncc1[Si](C)(C)C.[Ir]. The summed E-state index contributed by atoms with van der Waals surface area (Å²) in [6.07, 6.45) is 1.97. The molecule has 8 heteroatoms. The number of aryl methyl sites for hydroxylation is 1. The second kappa shape index (κ2) is 16.5. The second-order valence-corrected chi connectivity index (χ2v) is 21.2. The van der Waals surface area contributed by atoms with Crippen LogP contribution in [0.4, 0.5) is 4.39 Å². The Morgan fingerprint density at radius 3 is 2.32 bits per heavy atom. The predicted molar refractivity (Wildman–Crippen MR) is 244 cm³/mol. The van der Waals surface area contributed by atoms with Gasteiger partial charge in [0.05, 0.1) is 36.0 Å². The number of pyridine rings is 2. The summed E-state index contributed by atoms with van der Waals surface area (Å²) in [5.74, 6) is -0.197. The van der Waals surface area contributed by atoms with Crippen LogP contribution in [-0.2, 0) is 20.1 Å². The molecule has 60 heavy (non-hydrogen) atoms. The van der Waals surface area contributed by atoms with Crippen molar-refractivity contribution < 1.29 is 30.3 Å². The van der Waals surface area contributed by atoms with Gasteiger partial charge in [0.2, 0.25) is 5.71 Å². The predicted octanol–water partition coefficient (Wildman–Crippen LogP) is 13.3. The molecular formula is C52H43FIrN4OSi-2. The van der Waals surface area contributed by atoms with Crippen LogP contribution in [0.15, 0.2) is 150 Å². The van der Waals surface area contributed by atoms with Gasteiger partial charge in [-0.25, -0.2) is 9.37 Å². The molecule has 0 bridgehead atoms. The van der Waals surface area contributed by atoms with E-state index in [1.165, 1.54) is 16.8 Å². The Morgan fingerprint density at radius 2 is 1.55 bits per heavy atom. The van der Waals surface area contributed by atoms with E-state index < -0.39 is 14.0 Å². The first-order chi connectivity index (χ1) is 28.8. The molecule has 0 aliphatic carbocycles. The van der Waals surface area contributed by atoms with Crippen LogP contribution >= 0.6 is 0 Å². The number of imidazole rings is 1. The number of para-hydroxylation sites is 2. The third-order valence-electron chi connectivity index (χ3n) is 10.7. The monoisotopic (exact) mass is 980 g/mol. The van der Waals surface area contributed by atoms with Gasteiger partial charge in [0, 0.05) is 49.7 Å². The molecule has 4 heterocycles. The van der Waals surface area contributed by atoms with Crippen LogP contribution in [0.2, 0.25) is 19.6 Å². The molecule has 4 aromatic heterocycles. The molecule has 0 N–H and O–H groups in total. The van der Waals surface area contributed by atoms with Crippen LogP contribution in [-0.4, -0.2) is 27.6 Å². The van der Waals surface area contributed by atoms with Gasteiger partial charge in [-0.05, 0) is 77.3 Å². The maximum Gasteiger partial charge on any atom is 0.216 e. The van der Waals surface area contributed by atoms with E-state index in [-0.39, 0.29) is 25.9 Å². The quantitative estimate of drug-likeness (QED) is 0.123. The van der Waals surface area contributed by atoms with Gasteiger partial charge >= 0.3 is 0 Å². The average molecular weight is 980 g/mol. The van der Waals surface area contributed by atoms with E-state index in [9.17, 15) is 4.39 Å². The third kappa shape index (κ3) is 7.74. The fraction of sp³-hybridized carbons (Fsp3) is 0.135. The summed E-state index contributed by atoms with van der Waals surface area (Å²) in [4.78, 5) is 14.5. The van der Waals surface area contributed by atoms with Crippen molar-refractivity contribution in [2.75, 3.05) is 0 Å². The summed E-state index contributed by atoms with van der Waals surface area (Å²) in [5, 5.41) is 4.32. The van der Waals surface area contributed by atoms with Gasteiger partial charge in [0.15, 0.2) is 0 Å². The normalized spacial score (nSPS) is 12.0. The molecule has 0 unspecified atom stereocenters. The van der Waals surface area contributed by atoms with Gasteiger partial charge in [0.25, 0.3) is 0 Å². The molecule has 0 amide bonds. The van der Waals surface area contributed by atoms with Crippen molar-refractivity contribution in [3.63, 3.8) is 0 Å². The number of nitrogens with zero attached hydrogens (tertiary/aromatic N) is 4. The minimum Gasteiger partial charge on any atom is -0.486 e. The Morgan fingerprint density at radius 1 is 0.767 bits per heavy atom. The van der Waals surface area contributed by atoms with Crippen molar-refractivity contribution in [2.24, 2.45) is 0 Å². The van der Waals surface area contributed by atoms with Crippen molar-refractivity contribution in [2.45, 2.75) is 46.3 Å². The largest absolute Gasteiger partial charge is 0.486 e. The average Bonchev–Trinajstić information content (AvgIpc) is 3.81. The number of hydrogen-bond acceptors (Lipinski definition) is 4. The molecule has 0 aliphatic rings. The van der Waals surface area contributed by atoms with Crippen molar-refractivity contribution >= 4 is 57.3 Å². The van der Waals surface area contributed by atoms with Crippen molar-refractivity contribution in [1.29, 1.82) is 0 Å². The van der Waals surface area contributed by atoms with Crippen LogP contribution in [0.3, 0.4) is 0 Å². The molecule has 5 nitrogen and oxygen atoms in total. The van der Waals surface area contributed by atoms with Crippen LogP contribution < -0.4 is 5.19 Å². The Balaban J connectivity index is 0.000000167. The Bertz CT molecular complexity index is 3210. The van der Waals surface area contributed by atoms with E-state index >= 15 is 0 Å². The van der Waals surface area contributed by atoms with Crippen LogP contribution in [0.5, 0.6) is 0 Å². The zero-order valence-corrected chi connectivity index (χ0v) is 37.7. The molecule has 0 spiro atoms. The molecule has 1 radical (unpaired) electrons. The number of benzene rings is 6. The summed E-state index contributed by atoms with van der Waals surface area (Å²) in [6.45, 7) is 12.8. The van der Waals surface area contributed by atoms with E-state index in [1.54, 1.807) is 6.07 Å². The number of fused-ring (bicyclic) bond motifs is 5. The van der Waals surface area contributed by atoms with E-state index in [4.69, 9.17) is 20.7 Å². The standard InChI is InChI=1S/C27H27N2OSi.C25H16FN2.Ir/c1-16(2)21-14-24(28-15-25(21)31(4,5)6)20-9-7-8-19-22-13-18-11-10-17(3)12-23(18)29-27(22)30-26(19)20;26-20-15-16-23(21(17-20)18-9-3-1-4-10-18)28-24-14-8-7-13-22(24)27-25(28)19-11-5-2-6-12-19;/h7-8,10-16H,1-6H3;1-11,13-17H;/q2*-1;/i16D;;. The van der Waals surface area contributed by atoms with Crippen LogP contribution in [0.25, 0.3) is 83.5 Å². The van der Waals surface area contributed by atoms with E-state index in [1.807, 2.05) is 117 Å². The number of furan rings is 1. The molecule has 10 rings (SSSR count). The maximum absolute atomic E-state index is 14.2. The fourth-order valence-electron chi connectivity index (χ4n) is 7.76. The number of rotatable bonds is 6. The van der Waals surface area contributed by atoms with Gasteiger partial charge in [0.1, 0.15) is 5.82 Å². The molecule has 0 fully saturated rings. The molecule has 10 aromatic rings. The molecule has 0 saturated carbocycles. The van der Waals surface area contributed by atoms with E-state index in [0.717, 1.165) is 83.3 Å². The number of aromatic nitrogens is 4. The Kier molecular flexibility index (Phi) is 10.9. The first-order valence-corrected chi connectivity index (χ1v) is 23.3. The van der Waals surface area contributed by atoms with Gasteiger partial charge < -0.3 is 14.0 Å². The molecule has 0 saturated heterocycles. The third-order valence-corrected chi connectivity index (χ3v) is 12.7. The molecule has 0 aliphatic heterocycles. The minimum atomic E-state index is -1.65. The second-order valence-electron chi connectivity index (χ2n) is 16.2. The summed E-state index contributed by atoms with van der Waals surface area (Å²) < 4.78 is 31.3. The van der Waals surface area contributed by atoms with Gasteiger partial charge in [-0.15, -0.1) is 54.1 Å². The van der Waals surface area contributed by atoms with Crippen molar-refractivity contribution in [3.05, 3.63) is 175 Å². The number of halogens is 1. The first kappa shape index (κ1) is 39.4. The molecule has 6 aromatic carbocycles. The zero-order chi connectivity index (χ0) is 41.8. The Labute approximate surface area is 365 Å². The van der Waals surface area contributed by atoms with Gasteiger partial charge in [-0.1, -0.05) is 111 Å². The fourth-order valence-corrected chi connectivity index (χ4v) is 9.34. The summed E-state index contributed by atoms with van der Waals surface area (Å²) in [5.41, 5.74) is 11.5.